The van der Waals surface area contributed by atoms with Gasteiger partial charge in [0.2, 0.25) is 15.9 Å². The van der Waals surface area contributed by atoms with Crippen molar-refractivity contribution >= 4 is 22.0 Å². The van der Waals surface area contributed by atoms with E-state index in [2.05, 4.69) is 0 Å². The highest BCUT2D eigenvalue weighted by molar-refractivity contribution is 7.89. The summed E-state index contributed by atoms with van der Waals surface area (Å²) in [5.41, 5.74) is 2.57. The lowest BCUT2D eigenvalue weighted by molar-refractivity contribution is -0.127. The maximum absolute atomic E-state index is 13.2. The second-order valence-electron chi connectivity index (χ2n) is 6.86. The SMILES string of the molecule is Cc1ccc(S(=O)(=O)N2CCN(C(=O)/C=C/c3cccc(F)c3)CC2)cc1C. The zero-order valence-corrected chi connectivity index (χ0v) is 16.7. The molecule has 0 atom stereocenters. The summed E-state index contributed by atoms with van der Waals surface area (Å²) in [7, 11) is -3.57. The van der Waals surface area contributed by atoms with Crippen molar-refractivity contribution in [1.29, 1.82) is 0 Å². The largest absolute Gasteiger partial charge is 0.337 e. The number of benzene rings is 2. The lowest BCUT2D eigenvalue weighted by Gasteiger charge is -2.33. The molecule has 0 aliphatic carbocycles. The Balaban J connectivity index is 1.63. The number of hydrogen-bond acceptors (Lipinski definition) is 3. The summed E-state index contributed by atoms with van der Waals surface area (Å²) in [4.78, 5) is 14.2. The highest BCUT2D eigenvalue weighted by Crippen LogP contribution is 2.20. The molecule has 0 spiro atoms. The molecule has 0 saturated carbocycles. The van der Waals surface area contributed by atoms with E-state index >= 15 is 0 Å². The zero-order chi connectivity index (χ0) is 20.3. The molecule has 3 rings (SSSR count). The van der Waals surface area contributed by atoms with Crippen molar-refractivity contribution in [2.75, 3.05) is 26.2 Å². The van der Waals surface area contributed by atoms with Crippen LogP contribution in [0, 0.1) is 19.7 Å². The number of carbonyl (C=O) groups is 1. The third kappa shape index (κ3) is 4.48. The Labute approximate surface area is 165 Å². The second kappa shape index (κ2) is 8.24. The van der Waals surface area contributed by atoms with E-state index in [1.54, 1.807) is 41.3 Å². The molecule has 7 heteroatoms. The predicted molar refractivity (Wildman–Crippen MR) is 107 cm³/mol. The Morgan fingerprint density at radius 1 is 1.00 bits per heavy atom. The van der Waals surface area contributed by atoms with E-state index in [9.17, 15) is 17.6 Å². The third-order valence-corrected chi connectivity index (χ3v) is 6.83. The second-order valence-corrected chi connectivity index (χ2v) is 8.80. The van der Waals surface area contributed by atoms with E-state index in [0.717, 1.165) is 11.1 Å². The average molecular weight is 402 g/mol. The number of hydrogen-bond donors (Lipinski definition) is 0. The summed E-state index contributed by atoms with van der Waals surface area (Å²) in [6.45, 7) is 4.94. The van der Waals surface area contributed by atoms with Crippen LogP contribution in [-0.2, 0) is 14.8 Å². The van der Waals surface area contributed by atoms with Crippen molar-refractivity contribution in [3.63, 3.8) is 0 Å². The molecule has 0 unspecified atom stereocenters. The molecule has 2 aromatic carbocycles. The first-order valence-corrected chi connectivity index (χ1v) is 10.5. The summed E-state index contributed by atoms with van der Waals surface area (Å²) >= 11 is 0. The summed E-state index contributed by atoms with van der Waals surface area (Å²) in [5, 5.41) is 0. The third-order valence-electron chi connectivity index (χ3n) is 4.93. The molecule has 1 aliphatic rings. The van der Waals surface area contributed by atoms with Gasteiger partial charge in [0.15, 0.2) is 0 Å². The number of piperazine rings is 1. The van der Waals surface area contributed by atoms with Crippen LogP contribution in [0.15, 0.2) is 53.4 Å². The molecule has 1 aliphatic heterocycles. The number of amides is 1. The van der Waals surface area contributed by atoms with Crippen LogP contribution >= 0.6 is 0 Å². The molecule has 1 fully saturated rings. The fourth-order valence-corrected chi connectivity index (χ4v) is 4.56. The summed E-state index contributed by atoms with van der Waals surface area (Å²) in [6.07, 6.45) is 2.95. The molecule has 0 aromatic heterocycles. The summed E-state index contributed by atoms with van der Waals surface area (Å²) in [6, 6.07) is 11.1. The average Bonchev–Trinajstić information content (AvgIpc) is 2.68. The Bertz CT molecular complexity index is 1010. The van der Waals surface area contributed by atoms with Crippen LogP contribution in [0.5, 0.6) is 0 Å². The number of aryl methyl sites for hydroxylation is 2. The molecule has 0 radical (unpaired) electrons. The van der Waals surface area contributed by atoms with Gasteiger partial charge in [-0.05, 0) is 60.9 Å². The number of nitrogens with zero attached hydrogens (tertiary/aromatic N) is 2. The molecule has 0 bridgehead atoms. The Morgan fingerprint density at radius 3 is 2.36 bits per heavy atom. The molecule has 0 N–H and O–H groups in total. The maximum atomic E-state index is 13.2. The van der Waals surface area contributed by atoms with Crippen molar-refractivity contribution in [2.45, 2.75) is 18.7 Å². The highest BCUT2D eigenvalue weighted by atomic mass is 32.2. The zero-order valence-electron chi connectivity index (χ0n) is 15.9. The minimum atomic E-state index is -3.57. The van der Waals surface area contributed by atoms with Crippen LogP contribution in [0.4, 0.5) is 4.39 Å². The van der Waals surface area contributed by atoms with E-state index in [-0.39, 0.29) is 29.7 Å². The summed E-state index contributed by atoms with van der Waals surface area (Å²) in [5.74, 6) is -0.577. The van der Waals surface area contributed by atoms with Gasteiger partial charge in [-0.1, -0.05) is 18.2 Å². The van der Waals surface area contributed by atoms with Gasteiger partial charge < -0.3 is 4.90 Å². The first-order chi connectivity index (χ1) is 13.3. The molecular formula is C21H23FN2O3S. The van der Waals surface area contributed by atoms with E-state index in [0.29, 0.717) is 18.7 Å². The van der Waals surface area contributed by atoms with Crippen LogP contribution in [0.2, 0.25) is 0 Å². The topological polar surface area (TPSA) is 57.7 Å². The highest BCUT2D eigenvalue weighted by Gasteiger charge is 2.29. The van der Waals surface area contributed by atoms with Gasteiger partial charge in [0.05, 0.1) is 4.90 Å². The van der Waals surface area contributed by atoms with Gasteiger partial charge in [-0.2, -0.15) is 4.31 Å². The maximum Gasteiger partial charge on any atom is 0.246 e. The fourth-order valence-electron chi connectivity index (χ4n) is 3.06. The quantitative estimate of drug-likeness (QED) is 0.739. The van der Waals surface area contributed by atoms with Crippen molar-refractivity contribution in [3.05, 3.63) is 71.0 Å². The van der Waals surface area contributed by atoms with Gasteiger partial charge in [0, 0.05) is 32.3 Å². The molecule has 1 heterocycles. The number of carbonyl (C=O) groups excluding carboxylic acids is 1. The minimum Gasteiger partial charge on any atom is -0.337 e. The van der Waals surface area contributed by atoms with Gasteiger partial charge in [-0.25, -0.2) is 12.8 Å². The smallest absolute Gasteiger partial charge is 0.246 e. The van der Waals surface area contributed by atoms with Crippen molar-refractivity contribution < 1.29 is 17.6 Å². The molecular weight excluding hydrogens is 379 g/mol. The summed E-state index contributed by atoms with van der Waals surface area (Å²) < 4.78 is 40.3. The minimum absolute atomic E-state index is 0.215. The van der Waals surface area contributed by atoms with Crippen molar-refractivity contribution in [3.8, 4) is 0 Å². The molecule has 2 aromatic rings. The Hall–Kier alpha value is -2.51. The lowest BCUT2D eigenvalue weighted by Crippen LogP contribution is -2.50. The fraction of sp³-hybridized carbons (Fsp3) is 0.286. The van der Waals surface area contributed by atoms with Crippen LogP contribution < -0.4 is 0 Å². The Kier molecular flexibility index (Phi) is 5.96. The number of sulfonamides is 1. The molecule has 5 nitrogen and oxygen atoms in total. The van der Waals surface area contributed by atoms with Crippen molar-refractivity contribution in [2.24, 2.45) is 0 Å². The van der Waals surface area contributed by atoms with Crippen molar-refractivity contribution in [1.82, 2.24) is 9.21 Å². The first-order valence-electron chi connectivity index (χ1n) is 9.07. The Morgan fingerprint density at radius 2 is 1.71 bits per heavy atom. The molecule has 148 valence electrons. The van der Waals surface area contributed by atoms with Gasteiger partial charge in [0.25, 0.3) is 0 Å². The molecule has 1 saturated heterocycles. The van der Waals surface area contributed by atoms with Crippen LogP contribution in [0.1, 0.15) is 16.7 Å². The van der Waals surface area contributed by atoms with E-state index in [4.69, 9.17) is 0 Å². The molecule has 1 amide bonds. The van der Waals surface area contributed by atoms with Crippen LogP contribution in [-0.4, -0.2) is 49.7 Å². The monoisotopic (exact) mass is 402 g/mol. The van der Waals surface area contributed by atoms with E-state index in [1.165, 1.54) is 22.5 Å². The van der Waals surface area contributed by atoms with E-state index in [1.807, 2.05) is 13.8 Å². The first kappa shape index (κ1) is 20.2. The van der Waals surface area contributed by atoms with Gasteiger partial charge >= 0.3 is 0 Å². The lowest BCUT2D eigenvalue weighted by atomic mass is 10.1. The van der Waals surface area contributed by atoms with E-state index < -0.39 is 10.0 Å². The molecule has 28 heavy (non-hydrogen) atoms. The standard InChI is InChI=1S/C21H23FN2O3S/c1-16-6-8-20(14-17(16)2)28(26,27)24-12-10-23(11-13-24)21(25)9-7-18-4-3-5-19(22)15-18/h3-9,14-15H,10-13H2,1-2H3/b9-7+. The van der Waals surface area contributed by atoms with Crippen LogP contribution in [0.25, 0.3) is 6.08 Å². The van der Waals surface area contributed by atoms with Gasteiger partial charge in [0.1, 0.15) is 5.82 Å². The normalized spacial score (nSPS) is 15.9. The van der Waals surface area contributed by atoms with Crippen LogP contribution in [0.3, 0.4) is 0 Å². The number of halogens is 1. The van der Waals surface area contributed by atoms with Gasteiger partial charge in [-0.3, -0.25) is 4.79 Å². The number of rotatable bonds is 4. The predicted octanol–water partition coefficient (Wildman–Crippen LogP) is 2.99. The van der Waals surface area contributed by atoms with Gasteiger partial charge in [-0.15, -0.1) is 0 Å².